The zero-order valence-electron chi connectivity index (χ0n) is 12.6. The minimum absolute atomic E-state index is 0.0455. The largest absolute Gasteiger partial charge is 0.336 e. The third kappa shape index (κ3) is 5.17. The predicted octanol–water partition coefficient (Wildman–Crippen LogP) is 3.23. The van der Waals surface area contributed by atoms with E-state index in [1.165, 1.54) is 11.0 Å². The molecule has 0 unspecified atom stereocenters. The fourth-order valence-electron chi connectivity index (χ4n) is 1.98. The summed E-state index contributed by atoms with van der Waals surface area (Å²) in [5.41, 5.74) is 1.36. The van der Waals surface area contributed by atoms with Gasteiger partial charge in [0.15, 0.2) is 0 Å². The van der Waals surface area contributed by atoms with Crippen molar-refractivity contribution in [2.75, 3.05) is 18.9 Å². The minimum atomic E-state index is -0.378. The van der Waals surface area contributed by atoms with E-state index in [-0.39, 0.29) is 30.6 Å². The molecule has 6 heteroatoms. The lowest BCUT2D eigenvalue weighted by Gasteiger charge is -2.17. The van der Waals surface area contributed by atoms with Crippen LogP contribution in [0.15, 0.2) is 53.0 Å². The van der Waals surface area contributed by atoms with Crippen LogP contribution in [0.25, 0.3) is 0 Å². The molecule has 4 nitrogen and oxygen atoms in total. The fourth-order valence-corrected chi connectivity index (χ4v) is 2.41. The molecule has 0 aromatic heterocycles. The molecule has 0 heterocycles. The molecule has 0 saturated carbocycles. The molecule has 0 radical (unpaired) electrons. The third-order valence-electron chi connectivity index (χ3n) is 3.20. The first-order valence-electron chi connectivity index (χ1n) is 6.98. The lowest BCUT2D eigenvalue weighted by atomic mass is 10.1. The van der Waals surface area contributed by atoms with Crippen LogP contribution in [0.3, 0.4) is 0 Å². The number of likely N-dealkylation sites (N-methyl/N-ethyl adjacent to an activating group) is 1. The molecule has 120 valence electrons. The zero-order chi connectivity index (χ0) is 16.8. The average Bonchev–Trinajstić information content (AvgIpc) is 2.51. The summed E-state index contributed by atoms with van der Waals surface area (Å²) in [5, 5.41) is 2.72. The second-order valence-corrected chi connectivity index (χ2v) is 5.94. The molecule has 0 aliphatic heterocycles. The Morgan fingerprint density at radius 1 is 1.17 bits per heavy atom. The van der Waals surface area contributed by atoms with Crippen molar-refractivity contribution in [3.8, 4) is 0 Å². The molecule has 2 rings (SSSR count). The van der Waals surface area contributed by atoms with Gasteiger partial charge in [-0.3, -0.25) is 9.59 Å². The Hall–Kier alpha value is -2.21. The van der Waals surface area contributed by atoms with Crippen molar-refractivity contribution >= 4 is 33.4 Å². The Labute approximate surface area is 142 Å². The fraction of sp³-hybridized carbons (Fsp3) is 0.176. The van der Waals surface area contributed by atoms with E-state index in [0.29, 0.717) is 15.7 Å². The average molecular weight is 379 g/mol. The van der Waals surface area contributed by atoms with Gasteiger partial charge >= 0.3 is 0 Å². The lowest BCUT2D eigenvalue weighted by molar-refractivity contribution is -0.132. The van der Waals surface area contributed by atoms with Crippen LogP contribution < -0.4 is 5.32 Å². The number of halogens is 2. The summed E-state index contributed by atoms with van der Waals surface area (Å²) in [7, 11) is 1.56. The highest BCUT2D eigenvalue weighted by molar-refractivity contribution is 9.10. The summed E-state index contributed by atoms with van der Waals surface area (Å²) in [4.78, 5) is 25.4. The van der Waals surface area contributed by atoms with Crippen LogP contribution in [0.1, 0.15) is 5.56 Å². The molecule has 0 spiro atoms. The van der Waals surface area contributed by atoms with Crippen molar-refractivity contribution < 1.29 is 14.0 Å². The van der Waals surface area contributed by atoms with Crippen molar-refractivity contribution in [2.24, 2.45) is 0 Å². The first-order valence-corrected chi connectivity index (χ1v) is 7.78. The first kappa shape index (κ1) is 17.1. The third-order valence-corrected chi connectivity index (χ3v) is 3.81. The van der Waals surface area contributed by atoms with Crippen LogP contribution in [0.5, 0.6) is 0 Å². The van der Waals surface area contributed by atoms with Gasteiger partial charge in [-0.05, 0) is 45.8 Å². The summed E-state index contributed by atoms with van der Waals surface area (Å²) < 4.78 is 13.5. The maximum absolute atomic E-state index is 13.2. The van der Waals surface area contributed by atoms with Gasteiger partial charge in [-0.1, -0.05) is 24.3 Å². The summed E-state index contributed by atoms with van der Waals surface area (Å²) in [6, 6.07) is 13.4. The highest BCUT2D eigenvalue weighted by atomic mass is 79.9. The Balaban J connectivity index is 1.89. The Morgan fingerprint density at radius 3 is 2.52 bits per heavy atom. The van der Waals surface area contributed by atoms with E-state index in [4.69, 9.17) is 0 Å². The van der Waals surface area contributed by atoms with Crippen LogP contribution in [0.2, 0.25) is 0 Å². The van der Waals surface area contributed by atoms with Crippen LogP contribution in [-0.2, 0) is 16.0 Å². The molecule has 0 aliphatic carbocycles. The monoisotopic (exact) mass is 378 g/mol. The molecule has 2 amide bonds. The van der Waals surface area contributed by atoms with Crippen LogP contribution >= 0.6 is 15.9 Å². The number of amides is 2. The van der Waals surface area contributed by atoms with Gasteiger partial charge in [0.2, 0.25) is 11.8 Å². The predicted molar refractivity (Wildman–Crippen MR) is 90.5 cm³/mol. The van der Waals surface area contributed by atoms with Gasteiger partial charge in [-0.25, -0.2) is 4.39 Å². The van der Waals surface area contributed by atoms with Crippen LogP contribution in [0, 0.1) is 5.82 Å². The van der Waals surface area contributed by atoms with Gasteiger partial charge in [0.25, 0.3) is 0 Å². The van der Waals surface area contributed by atoms with Crippen LogP contribution in [0.4, 0.5) is 10.1 Å². The van der Waals surface area contributed by atoms with E-state index in [0.717, 1.165) is 0 Å². The number of nitrogens with zero attached hydrogens (tertiary/aromatic N) is 1. The number of carbonyl (C=O) groups is 2. The Bertz CT molecular complexity index is 707. The molecule has 0 fully saturated rings. The molecule has 2 aromatic carbocycles. The summed E-state index contributed by atoms with van der Waals surface area (Å²) in [5.74, 6) is -0.865. The minimum Gasteiger partial charge on any atom is -0.336 e. The Kier molecular flexibility index (Phi) is 5.87. The highest BCUT2D eigenvalue weighted by Gasteiger charge is 2.14. The maximum atomic E-state index is 13.2. The van der Waals surface area contributed by atoms with Crippen molar-refractivity contribution in [3.05, 3.63) is 64.4 Å². The van der Waals surface area contributed by atoms with Gasteiger partial charge < -0.3 is 10.2 Å². The molecule has 0 bridgehead atoms. The quantitative estimate of drug-likeness (QED) is 0.867. The highest BCUT2D eigenvalue weighted by Crippen LogP contribution is 2.17. The molecular formula is C17H16BrFN2O2. The Morgan fingerprint density at radius 2 is 1.87 bits per heavy atom. The second kappa shape index (κ2) is 7.87. The van der Waals surface area contributed by atoms with E-state index in [2.05, 4.69) is 21.2 Å². The standard InChI is InChI=1S/C17H16BrFN2O2/c1-21(11-16(22)20-13-5-3-2-4-6-13)17(23)10-12-7-8-15(19)14(18)9-12/h2-9H,10-11H2,1H3,(H,20,22). The SMILES string of the molecule is CN(CC(=O)Nc1ccccc1)C(=O)Cc1ccc(F)c(Br)c1. The number of rotatable bonds is 5. The van der Waals surface area contributed by atoms with Gasteiger partial charge in [-0.15, -0.1) is 0 Å². The van der Waals surface area contributed by atoms with E-state index in [9.17, 15) is 14.0 Å². The number of carbonyl (C=O) groups excluding carboxylic acids is 2. The van der Waals surface area contributed by atoms with E-state index >= 15 is 0 Å². The normalized spacial score (nSPS) is 10.2. The number of anilines is 1. The van der Waals surface area contributed by atoms with Gasteiger partial charge in [-0.2, -0.15) is 0 Å². The van der Waals surface area contributed by atoms with Gasteiger partial charge in [0.05, 0.1) is 17.4 Å². The molecule has 1 N–H and O–H groups in total. The van der Waals surface area contributed by atoms with Crippen molar-refractivity contribution in [2.45, 2.75) is 6.42 Å². The molecule has 2 aromatic rings. The van der Waals surface area contributed by atoms with Crippen molar-refractivity contribution in [1.29, 1.82) is 0 Å². The van der Waals surface area contributed by atoms with Crippen molar-refractivity contribution in [3.63, 3.8) is 0 Å². The molecule has 0 atom stereocenters. The molecule has 0 saturated heterocycles. The maximum Gasteiger partial charge on any atom is 0.243 e. The molecule has 0 aliphatic rings. The van der Waals surface area contributed by atoms with E-state index in [1.807, 2.05) is 18.2 Å². The lowest BCUT2D eigenvalue weighted by Crippen LogP contribution is -2.35. The number of hydrogen-bond acceptors (Lipinski definition) is 2. The second-order valence-electron chi connectivity index (χ2n) is 5.09. The van der Waals surface area contributed by atoms with Gasteiger partial charge in [0.1, 0.15) is 5.82 Å². The van der Waals surface area contributed by atoms with Crippen LogP contribution in [-0.4, -0.2) is 30.3 Å². The number of benzene rings is 2. The van der Waals surface area contributed by atoms with E-state index < -0.39 is 0 Å². The van der Waals surface area contributed by atoms with E-state index in [1.54, 1.807) is 31.3 Å². The number of nitrogens with one attached hydrogen (secondary N) is 1. The topological polar surface area (TPSA) is 49.4 Å². The van der Waals surface area contributed by atoms with Gasteiger partial charge in [0, 0.05) is 12.7 Å². The summed E-state index contributed by atoms with van der Waals surface area (Å²) in [6.07, 6.45) is 0.105. The zero-order valence-corrected chi connectivity index (χ0v) is 14.1. The smallest absolute Gasteiger partial charge is 0.243 e. The summed E-state index contributed by atoms with van der Waals surface area (Å²) in [6.45, 7) is -0.0455. The molecular weight excluding hydrogens is 363 g/mol. The number of para-hydroxylation sites is 1. The first-order chi connectivity index (χ1) is 11.0. The van der Waals surface area contributed by atoms with Crippen molar-refractivity contribution in [1.82, 2.24) is 4.90 Å². The number of hydrogen-bond donors (Lipinski definition) is 1. The summed E-state index contributed by atoms with van der Waals surface area (Å²) >= 11 is 3.09. The molecule has 23 heavy (non-hydrogen) atoms.